The van der Waals surface area contributed by atoms with Crippen molar-refractivity contribution in [3.05, 3.63) is 29.8 Å². The summed E-state index contributed by atoms with van der Waals surface area (Å²) in [7, 11) is -0.191. The molecule has 5 nitrogen and oxygen atoms in total. The molecule has 0 atom stereocenters. The predicted molar refractivity (Wildman–Crippen MR) is 127 cm³/mol. The van der Waals surface area contributed by atoms with E-state index in [4.69, 9.17) is 9.31 Å². The maximum absolute atomic E-state index is 6.85. The van der Waals surface area contributed by atoms with Crippen LogP contribution in [0, 0.1) is 0 Å². The third kappa shape index (κ3) is 4.74. The standard InChI is InChI=1S/C25H40BN3O2/c1-3-11-24(12-4-1)25(13-5-2-6-14-25)31-26(30-24)23-9-7-22(8-10-23)21-29-19-17-27-15-16-28-18-20-29/h7-10,27-28H,1-6,11-21H2. The van der Waals surface area contributed by atoms with Gasteiger partial charge in [0.2, 0.25) is 0 Å². The highest BCUT2D eigenvalue weighted by molar-refractivity contribution is 6.62. The highest BCUT2D eigenvalue weighted by atomic mass is 16.7. The molecule has 5 rings (SSSR count). The molecule has 1 aromatic carbocycles. The molecule has 2 spiro atoms. The first-order chi connectivity index (χ1) is 15.3. The average molecular weight is 425 g/mol. The Morgan fingerprint density at radius 2 is 1.23 bits per heavy atom. The number of hydrogen-bond acceptors (Lipinski definition) is 5. The van der Waals surface area contributed by atoms with Crippen molar-refractivity contribution in [2.75, 3.05) is 39.3 Å². The third-order valence-electron chi connectivity index (χ3n) is 8.16. The van der Waals surface area contributed by atoms with Gasteiger partial charge in [-0.1, -0.05) is 62.8 Å². The lowest BCUT2D eigenvalue weighted by molar-refractivity contribution is -0.0923. The summed E-state index contributed by atoms with van der Waals surface area (Å²) in [6.45, 7) is 7.46. The number of nitrogens with zero attached hydrogens (tertiary/aromatic N) is 1. The number of nitrogens with one attached hydrogen (secondary N) is 2. The molecule has 6 heteroatoms. The number of benzene rings is 1. The Bertz CT molecular complexity index is 665. The molecule has 2 aliphatic heterocycles. The van der Waals surface area contributed by atoms with Crippen LogP contribution in [0.2, 0.25) is 0 Å². The van der Waals surface area contributed by atoms with Crippen LogP contribution in [-0.4, -0.2) is 62.5 Å². The number of hydrogen-bond donors (Lipinski definition) is 2. The lowest BCUT2D eigenvalue weighted by atomic mass is 9.66. The van der Waals surface area contributed by atoms with Gasteiger partial charge in [-0.15, -0.1) is 0 Å². The van der Waals surface area contributed by atoms with E-state index in [0.717, 1.165) is 45.8 Å². The molecular weight excluding hydrogens is 385 g/mol. The van der Waals surface area contributed by atoms with Gasteiger partial charge in [0.25, 0.3) is 0 Å². The number of rotatable bonds is 3. The molecule has 4 aliphatic rings. The SMILES string of the molecule is c1cc(B2OC3(CCCCC3)C3(CCCCC3)O2)ccc1CN1CCNCCNCC1. The zero-order chi connectivity index (χ0) is 21.0. The first-order valence-corrected chi connectivity index (χ1v) is 12.9. The van der Waals surface area contributed by atoms with Crippen LogP contribution in [-0.2, 0) is 15.9 Å². The lowest BCUT2D eigenvalue weighted by Gasteiger charge is -2.48. The van der Waals surface area contributed by atoms with Crippen LogP contribution in [0.15, 0.2) is 24.3 Å². The highest BCUT2D eigenvalue weighted by Gasteiger charge is 2.61. The van der Waals surface area contributed by atoms with Crippen molar-refractivity contribution in [2.24, 2.45) is 0 Å². The van der Waals surface area contributed by atoms with Gasteiger partial charge in [0.1, 0.15) is 0 Å². The Kier molecular flexibility index (Phi) is 7.01. The fraction of sp³-hybridized carbons (Fsp3) is 0.760. The summed E-state index contributed by atoms with van der Waals surface area (Å²) < 4.78 is 13.7. The van der Waals surface area contributed by atoms with E-state index in [-0.39, 0.29) is 18.3 Å². The minimum Gasteiger partial charge on any atom is -0.399 e. The van der Waals surface area contributed by atoms with E-state index in [2.05, 4.69) is 39.8 Å². The van der Waals surface area contributed by atoms with E-state index in [1.165, 1.54) is 75.2 Å². The molecule has 2 saturated carbocycles. The Hall–Kier alpha value is -0.915. The first kappa shape index (κ1) is 21.9. The van der Waals surface area contributed by atoms with Crippen LogP contribution in [0.3, 0.4) is 0 Å². The van der Waals surface area contributed by atoms with E-state index < -0.39 is 0 Å². The maximum atomic E-state index is 6.85. The molecule has 0 aromatic heterocycles. The normalized spacial score (nSPS) is 27.2. The largest absolute Gasteiger partial charge is 0.494 e. The van der Waals surface area contributed by atoms with Gasteiger partial charge >= 0.3 is 7.12 Å². The first-order valence-electron chi connectivity index (χ1n) is 12.9. The van der Waals surface area contributed by atoms with Gasteiger partial charge < -0.3 is 19.9 Å². The van der Waals surface area contributed by atoms with Crippen molar-refractivity contribution in [1.29, 1.82) is 0 Å². The smallest absolute Gasteiger partial charge is 0.399 e. The molecule has 2 N–H and O–H groups in total. The molecule has 1 aromatic rings. The highest BCUT2D eigenvalue weighted by Crippen LogP contribution is 2.53. The Balaban J connectivity index is 1.27. The van der Waals surface area contributed by atoms with Gasteiger partial charge in [-0.3, -0.25) is 4.90 Å². The number of fused-ring (bicyclic) bond motifs is 1. The van der Waals surface area contributed by atoms with E-state index >= 15 is 0 Å². The van der Waals surface area contributed by atoms with Gasteiger partial charge in [-0.25, -0.2) is 0 Å². The van der Waals surface area contributed by atoms with Crippen LogP contribution in [0.1, 0.15) is 69.8 Å². The van der Waals surface area contributed by atoms with Crippen molar-refractivity contribution >= 4 is 12.6 Å². The van der Waals surface area contributed by atoms with Crippen molar-refractivity contribution < 1.29 is 9.31 Å². The molecular formula is C25H40BN3O2. The maximum Gasteiger partial charge on any atom is 0.494 e. The molecule has 0 amide bonds. The second-order valence-electron chi connectivity index (χ2n) is 10.2. The fourth-order valence-electron chi connectivity index (χ4n) is 6.39. The van der Waals surface area contributed by atoms with Crippen molar-refractivity contribution in [1.82, 2.24) is 15.5 Å². The van der Waals surface area contributed by atoms with Crippen LogP contribution in [0.4, 0.5) is 0 Å². The van der Waals surface area contributed by atoms with Crippen LogP contribution < -0.4 is 16.1 Å². The van der Waals surface area contributed by atoms with Crippen molar-refractivity contribution in [3.8, 4) is 0 Å². The zero-order valence-electron chi connectivity index (χ0n) is 19.2. The lowest BCUT2D eigenvalue weighted by Crippen LogP contribution is -2.53. The molecule has 4 fully saturated rings. The monoisotopic (exact) mass is 425 g/mol. The summed E-state index contributed by atoms with van der Waals surface area (Å²) in [5.41, 5.74) is 2.49. The molecule has 170 valence electrons. The summed E-state index contributed by atoms with van der Waals surface area (Å²) >= 11 is 0. The average Bonchev–Trinajstić information content (AvgIpc) is 3.15. The predicted octanol–water partition coefficient (Wildman–Crippen LogP) is 2.83. The van der Waals surface area contributed by atoms with Crippen LogP contribution >= 0.6 is 0 Å². The van der Waals surface area contributed by atoms with Gasteiger partial charge in [0, 0.05) is 45.8 Å². The van der Waals surface area contributed by atoms with Gasteiger partial charge in [-0.2, -0.15) is 0 Å². The quantitative estimate of drug-likeness (QED) is 0.730. The third-order valence-corrected chi connectivity index (χ3v) is 8.16. The summed E-state index contributed by atoms with van der Waals surface area (Å²) in [5.74, 6) is 0. The van der Waals surface area contributed by atoms with E-state index in [1.807, 2.05) is 0 Å². The van der Waals surface area contributed by atoms with E-state index in [9.17, 15) is 0 Å². The Labute approximate surface area is 188 Å². The van der Waals surface area contributed by atoms with Crippen LogP contribution in [0.25, 0.3) is 0 Å². The zero-order valence-corrected chi connectivity index (χ0v) is 19.2. The summed E-state index contributed by atoms with van der Waals surface area (Å²) in [6, 6.07) is 9.08. The molecule has 0 unspecified atom stereocenters. The Morgan fingerprint density at radius 1 is 0.710 bits per heavy atom. The van der Waals surface area contributed by atoms with Gasteiger partial charge in [0.15, 0.2) is 0 Å². The van der Waals surface area contributed by atoms with Gasteiger partial charge in [-0.05, 0) is 36.7 Å². The second-order valence-corrected chi connectivity index (χ2v) is 10.2. The molecule has 2 aliphatic carbocycles. The molecule has 0 radical (unpaired) electrons. The topological polar surface area (TPSA) is 45.8 Å². The molecule has 31 heavy (non-hydrogen) atoms. The fourth-order valence-corrected chi connectivity index (χ4v) is 6.39. The minimum absolute atomic E-state index is 0.0436. The summed E-state index contributed by atoms with van der Waals surface area (Å²) in [5, 5.41) is 7.02. The van der Waals surface area contributed by atoms with Crippen LogP contribution in [0.5, 0.6) is 0 Å². The molecule has 2 saturated heterocycles. The summed E-state index contributed by atoms with van der Waals surface area (Å²) in [4.78, 5) is 2.54. The van der Waals surface area contributed by atoms with E-state index in [0.29, 0.717) is 0 Å². The minimum atomic E-state index is -0.191. The Morgan fingerprint density at radius 3 is 1.74 bits per heavy atom. The van der Waals surface area contributed by atoms with E-state index in [1.54, 1.807) is 0 Å². The molecule has 2 heterocycles. The van der Waals surface area contributed by atoms with Crippen molar-refractivity contribution in [3.63, 3.8) is 0 Å². The van der Waals surface area contributed by atoms with Gasteiger partial charge in [0.05, 0.1) is 11.2 Å². The van der Waals surface area contributed by atoms with Crippen molar-refractivity contribution in [2.45, 2.75) is 82.0 Å². The summed E-state index contributed by atoms with van der Waals surface area (Å²) in [6.07, 6.45) is 12.6. The second kappa shape index (κ2) is 9.92. The molecule has 0 bridgehead atoms.